The lowest BCUT2D eigenvalue weighted by Gasteiger charge is -2.08. The van der Waals surface area contributed by atoms with Crippen molar-refractivity contribution in [3.8, 4) is 0 Å². The largest absolute Gasteiger partial charge is 0.465 e. The van der Waals surface area contributed by atoms with E-state index in [2.05, 4.69) is 21.5 Å². The molecule has 0 radical (unpaired) electrons. The molecule has 1 aromatic rings. The molecule has 3 nitrogen and oxygen atoms in total. The van der Waals surface area contributed by atoms with Crippen molar-refractivity contribution >= 4 is 24.1 Å². The second kappa shape index (κ2) is 4.56. The Morgan fingerprint density at radius 2 is 2.06 bits per heavy atom. The summed E-state index contributed by atoms with van der Waals surface area (Å²) < 4.78 is 44.6. The van der Waals surface area contributed by atoms with E-state index in [1.807, 2.05) is 0 Å². The van der Waals surface area contributed by atoms with Gasteiger partial charge in [0.2, 0.25) is 0 Å². The lowest BCUT2D eigenvalue weighted by Crippen LogP contribution is -2.07. The Bertz CT molecular complexity index is 431. The van der Waals surface area contributed by atoms with Gasteiger partial charge < -0.3 is 4.74 Å². The molecule has 0 N–H and O–H groups in total. The number of esters is 1. The van der Waals surface area contributed by atoms with Crippen molar-refractivity contribution in [1.82, 2.24) is 0 Å². The van der Waals surface area contributed by atoms with Gasteiger partial charge in [0.25, 0.3) is 0 Å². The number of hydrogen-bond acceptors (Lipinski definition) is 4. The summed E-state index contributed by atoms with van der Waals surface area (Å²) in [6, 6.07) is 2.47. The first-order chi connectivity index (χ1) is 7.40. The molecule has 1 aromatic carbocycles. The van der Waals surface area contributed by atoms with Gasteiger partial charge in [0.15, 0.2) is 0 Å². The first-order valence-corrected chi connectivity index (χ1v) is 4.39. The fourth-order valence-corrected chi connectivity index (χ4v) is 1.22. The molecule has 1 rings (SSSR count). The zero-order chi connectivity index (χ0) is 12.3. The molecular weight excluding hydrogens is 243 g/mol. The molecule has 0 aliphatic carbocycles. The van der Waals surface area contributed by atoms with Crippen molar-refractivity contribution < 1.29 is 22.7 Å². The maximum absolute atomic E-state index is 12.3. The highest BCUT2D eigenvalue weighted by atomic mass is 32.1. The molecule has 0 heterocycles. The minimum absolute atomic E-state index is 0.0921. The summed E-state index contributed by atoms with van der Waals surface area (Å²) in [4.78, 5) is 11.1. The van der Waals surface area contributed by atoms with Gasteiger partial charge in [0.05, 0.1) is 23.9 Å². The predicted molar refractivity (Wildman–Crippen MR) is 52.2 cm³/mol. The van der Waals surface area contributed by atoms with Gasteiger partial charge in [0, 0.05) is 12.4 Å². The van der Waals surface area contributed by atoms with E-state index in [1.165, 1.54) is 0 Å². The molecule has 86 valence electrons. The molecule has 0 spiro atoms. The van der Waals surface area contributed by atoms with E-state index in [0.717, 1.165) is 19.2 Å². The molecule has 0 aliphatic heterocycles. The van der Waals surface area contributed by atoms with Crippen LogP contribution in [0.4, 0.5) is 18.9 Å². The predicted octanol–water partition coefficient (Wildman–Crippen LogP) is 2.85. The fourth-order valence-electron chi connectivity index (χ4n) is 1.07. The third kappa shape index (κ3) is 2.54. The number of ether oxygens (including phenoxy) is 1. The number of carbonyl (C=O) groups is 1. The van der Waals surface area contributed by atoms with Gasteiger partial charge in [-0.3, -0.25) is 0 Å². The Kier molecular flexibility index (Phi) is 3.58. The van der Waals surface area contributed by atoms with Crippen molar-refractivity contribution in [3.05, 3.63) is 29.3 Å². The molecule has 0 aliphatic rings. The topological polar surface area (TPSA) is 38.7 Å². The Labute approximate surface area is 94.4 Å². The van der Waals surface area contributed by atoms with Crippen molar-refractivity contribution in [3.63, 3.8) is 0 Å². The smallest absolute Gasteiger partial charge is 0.416 e. The Balaban J connectivity index is 3.27. The maximum atomic E-state index is 12.3. The monoisotopic (exact) mass is 249 g/mol. The average molecular weight is 249 g/mol. The van der Waals surface area contributed by atoms with Crippen LogP contribution in [0.5, 0.6) is 0 Å². The van der Waals surface area contributed by atoms with Crippen LogP contribution in [0, 0.1) is 0 Å². The Hall–Kier alpha value is -1.50. The zero-order valence-electron chi connectivity index (χ0n) is 8.04. The fraction of sp³-hybridized carbons (Fsp3) is 0.222. The van der Waals surface area contributed by atoms with Crippen LogP contribution in [-0.4, -0.2) is 13.1 Å². The average Bonchev–Trinajstić information content (AvgIpc) is 2.26. The number of methoxy groups -OCH3 is 1. The summed E-state index contributed by atoms with van der Waals surface area (Å²) in [7, 11) is 1.12. The van der Waals surface area contributed by atoms with E-state index in [1.54, 1.807) is 0 Å². The lowest BCUT2D eigenvalue weighted by molar-refractivity contribution is -0.137. The molecule has 0 unspecified atom stereocenters. The van der Waals surface area contributed by atoms with Crippen molar-refractivity contribution in [2.75, 3.05) is 7.11 Å². The number of alkyl halides is 3. The van der Waals surface area contributed by atoms with E-state index in [4.69, 9.17) is 0 Å². The van der Waals surface area contributed by atoms with Crippen LogP contribution in [-0.2, 0) is 23.3 Å². The van der Waals surface area contributed by atoms with E-state index < -0.39 is 17.7 Å². The third-order valence-corrected chi connectivity index (χ3v) is 2.03. The highest BCUT2D eigenvalue weighted by Gasteiger charge is 2.31. The summed E-state index contributed by atoms with van der Waals surface area (Å²) in [6.45, 7) is 0. The molecule has 7 heteroatoms. The van der Waals surface area contributed by atoms with Gasteiger partial charge in [-0.2, -0.15) is 17.5 Å². The minimum atomic E-state index is -4.50. The third-order valence-electron chi connectivity index (χ3n) is 1.83. The van der Waals surface area contributed by atoms with E-state index >= 15 is 0 Å². The second-order valence-corrected chi connectivity index (χ2v) is 3.00. The summed E-state index contributed by atoms with van der Waals surface area (Å²) in [5, 5.41) is 0. The van der Waals surface area contributed by atoms with E-state index in [9.17, 15) is 18.0 Å². The molecule has 0 bridgehead atoms. The second-order valence-electron chi connectivity index (χ2n) is 2.81. The first kappa shape index (κ1) is 12.6. The molecule has 0 saturated carbocycles. The summed E-state index contributed by atoms with van der Waals surface area (Å²) in [6.07, 6.45) is -4.50. The number of benzene rings is 1. The van der Waals surface area contributed by atoms with Crippen molar-refractivity contribution in [2.45, 2.75) is 6.18 Å². The standard InChI is InChI=1S/C9H6F3NO2S/c1-15-8(14)6-3-2-5(9(10,11)12)4-7(6)13-16/h2-4H,1H3. The zero-order valence-corrected chi connectivity index (χ0v) is 8.85. The van der Waals surface area contributed by atoms with Crippen LogP contribution in [0.2, 0.25) is 0 Å². The summed E-state index contributed by atoms with van der Waals surface area (Å²) >= 11 is 4.31. The van der Waals surface area contributed by atoms with Crippen molar-refractivity contribution in [2.24, 2.45) is 4.36 Å². The van der Waals surface area contributed by atoms with Crippen LogP contribution < -0.4 is 0 Å². The molecule has 0 saturated heterocycles. The number of hydrogen-bond donors (Lipinski definition) is 0. The number of nitrogens with zero attached hydrogens (tertiary/aromatic N) is 1. The summed E-state index contributed by atoms with van der Waals surface area (Å²) in [5.74, 6) is -0.780. The van der Waals surface area contributed by atoms with Crippen LogP contribution in [0.15, 0.2) is 22.6 Å². The quantitative estimate of drug-likeness (QED) is 0.756. The van der Waals surface area contributed by atoms with Gasteiger partial charge in [-0.05, 0) is 18.2 Å². The van der Waals surface area contributed by atoms with Crippen LogP contribution >= 0.6 is 0 Å². The van der Waals surface area contributed by atoms with Gasteiger partial charge in [-0.15, -0.1) is 0 Å². The SMILES string of the molecule is COC(=O)c1ccc(C(F)(F)F)cc1N=S. The maximum Gasteiger partial charge on any atom is 0.416 e. The van der Waals surface area contributed by atoms with Crippen molar-refractivity contribution in [1.29, 1.82) is 0 Å². The summed E-state index contributed by atoms with van der Waals surface area (Å²) in [5.41, 5.74) is -1.23. The van der Waals surface area contributed by atoms with Crippen LogP contribution in [0.25, 0.3) is 0 Å². The van der Waals surface area contributed by atoms with Crippen LogP contribution in [0.3, 0.4) is 0 Å². The number of halogens is 3. The number of rotatable bonds is 2. The lowest BCUT2D eigenvalue weighted by atomic mass is 10.1. The minimum Gasteiger partial charge on any atom is -0.465 e. The van der Waals surface area contributed by atoms with Crippen LogP contribution in [0.1, 0.15) is 15.9 Å². The van der Waals surface area contributed by atoms with Gasteiger partial charge in [-0.25, -0.2) is 4.79 Å². The Morgan fingerprint density at radius 1 is 1.44 bits per heavy atom. The van der Waals surface area contributed by atoms with E-state index in [0.29, 0.717) is 6.07 Å². The number of carbonyl (C=O) groups excluding carboxylic acids is 1. The molecule has 16 heavy (non-hydrogen) atoms. The normalized spacial score (nSPS) is 11.0. The highest BCUT2D eigenvalue weighted by Crippen LogP contribution is 2.33. The molecule has 0 fully saturated rings. The molecule has 0 amide bonds. The molecule has 0 aromatic heterocycles. The van der Waals surface area contributed by atoms with Gasteiger partial charge >= 0.3 is 12.1 Å². The highest BCUT2D eigenvalue weighted by molar-refractivity contribution is 7.47. The Morgan fingerprint density at radius 3 is 2.50 bits per heavy atom. The van der Waals surface area contributed by atoms with Gasteiger partial charge in [0.1, 0.15) is 0 Å². The molecule has 0 atom stereocenters. The first-order valence-electron chi connectivity index (χ1n) is 4.03. The molecular formula is C9H6F3NO2S. The van der Waals surface area contributed by atoms with Gasteiger partial charge in [-0.1, -0.05) is 0 Å². The van der Waals surface area contributed by atoms with E-state index in [-0.39, 0.29) is 11.3 Å².